The number of nitrogens with two attached hydrogens (primary N) is 5. The van der Waals surface area contributed by atoms with Crippen molar-refractivity contribution in [3.8, 4) is 0 Å². The summed E-state index contributed by atoms with van der Waals surface area (Å²) in [6, 6.07) is 18.2. The van der Waals surface area contributed by atoms with E-state index < -0.39 is 0 Å². The molecule has 0 bridgehead atoms. The van der Waals surface area contributed by atoms with E-state index in [0.29, 0.717) is 74.3 Å². The summed E-state index contributed by atoms with van der Waals surface area (Å²) in [5, 5.41) is 5.40. The Morgan fingerprint density at radius 1 is 0.526 bits per heavy atom. The molecule has 0 saturated carbocycles. The van der Waals surface area contributed by atoms with Crippen LogP contribution in [-0.4, -0.2) is 122 Å². The van der Waals surface area contributed by atoms with Gasteiger partial charge in [0, 0.05) is 138 Å². The maximum Gasteiger partial charge on any atom is 0.219 e. The van der Waals surface area contributed by atoms with Crippen LogP contribution in [0.25, 0.3) is 0 Å². The lowest BCUT2D eigenvalue weighted by molar-refractivity contribution is -0.131. The van der Waals surface area contributed by atoms with Gasteiger partial charge in [-0.05, 0) is 103 Å². The number of anilines is 5. The monoisotopic (exact) mass is 1050 g/mol. The summed E-state index contributed by atoms with van der Waals surface area (Å²) < 4.78 is 10.9. The Kier molecular flexibility index (Phi) is 28.3. The number of carbonyl (C=O) groups is 5. The number of rotatable bonds is 16. The minimum atomic E-state index is -0.0492. The number of amides is 5. The van der Waals surface area contributed by atoms with Gasteiger partial charge < -0.3 is 63.5 Å². The Bertz CT molecular complexity index is 2470. The van der Waals surface area contributed by atoms with Crippen molar-refractivity contribution in [3.63, 3.8) is 0 Å². The summed E-state index contributed by atoms with van der Waals surface area (Å²) in [5.41, 5.74) is 32.4. The summed E-state index contributed by atoms with van der Waals surface area (Å²) in [5.74, 6) is 3.22. The Balaban J connectivity index is 0.000000253. The van der Waals surface area contributed by atoms with E-state index in [0.717, 1.165) is 92.7 Å². The van der Waals surface area contributed by atoms with Crippen LogP contribution in [0.5, 0.6) is 0 Å². The number of ether oxygens (including phenoxy) is 2. The van der Waals surface area contributed by atoms with Crippen LogP contribution < -0.4 is 39.3 Å². The predicted molar refractivity (Wildman–Crippen MR) is 295 cm³/mol. The topological polar surface area (TPSA) is 332 Å². The number of hydrogen-bond acceptors (Lipinski definition) is 17. The molecule has 5 aromatic heterocycles. The third-order valence-corrected chi connectivity index (χ3v) is 11.7. The summed E-state index contributed by atoms with van der Waals surface area (Å²) in [6.07, 6.45) is 14.7. The molecule has 2 fully saturated rings. The first-order valence-electron chi connectivity index (χ1n) is 25.2. The average Bonchev–Trinajstić information content (AvgIpc) is 3.91. The smallest absolute Gasteiger partial charge is 0.219 e. The molecule has 412 valence electrons. The van der Waals surface area contributed by atoms with Crippen molar-refractivity contribution < 1.29 is 33.4 Å². The van der Waals surface area contributed by atoms with Crippen molar-refractivity contribution in [3.05, 3.63) is 119 Å². The fourth-order valence-electron chi connectivity index (χ4n) is 7.21. The molecule has 0 aromatic carbocycles. The lowest BCUT2D eigenvalue weighted by Crippen LogP contribution is -2.35. The number of nitrogen functional groups attached to an aromatic ring is 5. The number of pyridine rings is 5. The zero-order valence-corrected chi connectivity index (χ0v) is 45.0. The molecule has 22 heteroatoms. The van der Waals surface area contributed by atoms with E-state index in [1.807, 2.05) is 35.2 Å². The molecule has 5 aromatic rings. The molecule has 22 nitrogen and oxygen atoms in total. The minimum Gasteiger partial charge on any atom is -0.384 e. The van der Waals surface area contributed by atoms with Gasteiger partial charge in [0.05, 0.1) is 6.10 Å². The fourth-order valence-corrected chi connectivity index (χ4v) is 7.21. The highest BCUT2D eigenvalue weighted by molar-refractivity contribution is 5.74. The van der Waals surface area contributed by atoms with Crippen LogP contribution >= 0.6 is 0 Å². The molecule has 5 amide bonds. The van der Waals surface area contributed by atoms with Crippen LogP contribution in [0.15, 0.2) is 91.6 Å². The zero-order chi connectivity index (χ0) is 55.8. The van der Waals surface area contributed by atoms with Crippen LogP contribution in [0.2, 0.25) is 0 Å². The normalized spacial score (nSPS) is 13.5. The molecule has 12 N–H and O–H groups in total. The van der Waals surface area contributed by atoms with E-state index in [4.69, 9.17) is 38.1 Å². The van der Waals surface area contributed by atoms with Crippen molar-refractivity contribution in [2.24, 2.45) is 5.92 Å². The maximum absolute atomic E-state index is 11.7. The highest BCUT2D eigenvalue weighted by Crippen LogP contribution is 2.19. The highest BCUT2D eigenvalue weighted by atomic mass is 16.5. The second kappa shape index (κ2) is 34.5. The van der Waals surface area contributed by atoms with Crippen molar-refractivity contribution in [2.45, 2.75) is 105 Å². The second-order valence-electron chi connectivity index (χ2n) is 18.3. The van der Waals surface area contributed by atoms with Crippen molar-refractivity contribution in [2.75, 3.05) is 75.2 Å². The van der Waals surface area contributed by atoms with Gasteiger partial charge in [0.2, 0.25) is 29.5 Å². The van der Waals surface area contributed by atoms with E-state index in [2.05, 4.69) is 35.6 Å². The molecular formula is C54H79N15O7. The Hall–Kier alpha value is -7.98. The highest BCUT2D eigenvalue weighted by Gasteiger charge is 2.22. The van der Waals surface area contributed by atoms with Gasteiger partial charge in [0.25, 0.3) is 0 Å². The van der Waals surface area contributed by atoms with E-state index in [-0.39, 0.29) is 35.6 Å². The molecule has 2 aliphatic rings. The Labute approximate surface area is 446 Å². The third-order valence-electron chi connectivity index (χ3n) is 11.7. The number of aryl methyl sites for hydroxylation is 1. The zero-order valence-electron chi connectivity index (χ0n) is 45.0. The first kappa shape index (κ1) is 62.3. The van der Waals surface area contributed by atoms with Gasteiger partial charge >= 0.3 is 0 Å². The third kappa shape index (κ3) is 27.3. The second-order valence-corrected chi connectivity index (χ2v) is 18.3. The standard InChI is InChI=1S/C14H21N3O2.C13H19N3O2.C10H15N3O.C9H13N3O.C8H11N3O/c1-11(18)17(9-12-4-6-19-7-5-12)10-13-2-3-14(15)16-8-13;1-10(17)16(9-12-3-2-6-18-12)8-11-4-5-13(14)15-7-11;1-8(14)12-6-2-3-9-4-5-10(11)13-7-9;1-7(13)12(2)6-8-3-4-9(10)11-5-8;1-6(12)10-4-7-2-3-8(9)11-5-7/h2-3,8,12H,4-7,9-10H2,1H3,(H2,15,16);4-5,7,12H,2-3,6,8-9H2,1H3,(H2,14,15);4-5,7H,2-3,6H2,1H3,(H2,11,13)(H,12,14);3-5H,6H2,1-2H3,(H2,10,11);2-3,5H,4H2,1H3,(H2,9,11)(H,10,12)/t;12-;;;/m.1.../s1. The summed E-state index contributed by atoms with van der Waals surface area (Å²) in [6.45, 7) is 14.5. The van der Waals surface area contributed by atoms with Crippen molar-refractivity contribution in [1.29, 1.82) is 0 Å². The van der Waals surface area contributed by atoms with Gasteiger partial charge in [-0.3, -0.25) is 24.0 Å². The quantitative estimate of drug-likeness (QED) is 0.0677. The van der Waals surface area contributed by atoms with Gasteiger partial charge in [-0.25, -0.2) is 24.9 Å². The minimum absolute atomic E-state index is 0.0143. The van der Waals surface area contributed by atoms with E-state index in [1.54, 1.807) is 92.0 Å². The van der Waals surface area contributed by atoms with Crippen LogP contribution in [0.4, 0.5) is 29.1 Å². The molecular weight excluding hydrogens is 971 g/mol. The molecule has 0 spiro atoms. The maximum atomic E-state index is 11.7. The van der Waals surface area contributed by atoms with E-state index in [9.17, 15) is 24.0 Å². The van der Waals surface area contributed by atoms with Gasteiger partial charge in [-0.1, -0.05) is 30.3 Å². The summed E-state index contributed by atoms with van der Waals surface area (Å²) in [4.78, 5) is 80.5. The molecule has 2 saturated heterocycles. The summed E-state index contributed by atoms with van der Waals surface area (Å²) in [7, 11) is 1.75. The van der Waals surface area contributed by atoms with Crippen LogP contribution in [-0.2, 0) is 66.0 Å². The number of nitrogens with zero attached hydrogens (tertiary/aromatic N) is 8. The lowest BCUT2D eigenvalue weighted by atomic mass is 9.99. The van der Waals surface area contributed by atoms with Crippen LogP contribution in [0.1, 0.15) is 94.5 Å². The molecule has 76 heavy (non-hydrogen) atoms. The van der Waals surface area contributed by atoms with Gasteiger partial charge in [0.1, 0.15) is 29.1 Å². The average molecular weight is 1050 g/mol. The van der Waals surface area contributed by atoms with Gasteiger partial charge in [0.15, 0.2) is 0 Å². The first-order valence-corrected chi connectivity index (χ1v) is 25.2. The SMILES string of the molecule is CC(=O)N(C)Cc1ccc(N)nc1.CC(=O)N(Cc1ccc(N)nc1)CC1CCOCC1.CC(=O)N(Cc1ccc(N)nc1)C[C@H]1CCCO1.CC(=O)NCCCc1ccc(N)nc1.CC(=O)NCc1ccc(N)nc1. The largest absolute Gasteiger partial charge is 0.384 e. The van der Waals surface area contributed by atoms with Gasteiger partial charge in [-0.2, -0.15) is 0 Å². The number of nitrogens with one attached hydrogen (secondary N) is 2. The Morgan fingerprint density at radius 3 is 1.33 bits per heavy atom. The number of aromatic nitrogens is 5. The predicted octanol–water partition coefficient (Wildman–Crippen LogP) is 4.30. The lowest BCUT2D eigenvalue weighted by Gasteiger charge is -2.29. The molecule has 2 aliphatic heterocycles. The fraction of sp³-hybridized carbons (Fsp3) is 0.444. The van der Waals surface area contributed by atoms with Gasteiger partial charge in [-0.15, -0.1) is 0 Å². The van der Waals surface area contributed by atoms with Crippen LogP contribution in [0.3, 0.4) is 0 Å². The Morgan fingerprint density at radius 2 is 0.947 bits per heavy atom. The van der Waals surface area contributed by atoms with E-state index >= 15 is 0 Å². The van der Waals surface area contributed by atoms with E-state index in [1.165, 1.54) is 20.8 Å². The number of hydrogen-bond donors (Lipinski definition) is 7. The molecule has 7 heterocycles. The van der Waals surface area contributed by atoms with Crippen molar-refractivity contribution in [1.82, 2.24) is 50.3 Å². The number of carbonyl (C=O) groups excluding carboxylic acids is 5. The molecule has 7 rings (SSSR count). The molecule has 0 radical (unpaired) electrons. The summed E-state index contributed by atoms with van der Waals surface area (Å²) >= 11 is 0. The molecule has 0 unspecified atom stereocenters. The first-order chi connectivity index (χ1) is 36.3. The van der Waals surface area contributed by atoms with Crippen LogP contribution in [0, 0.1) is 5.92 Å². The molecule has 0 aliphatic carbocycles. The molecule has 1 atom stereocenters. The van der Waals surface area contributed by atoms with Crippen molar-refractivity contribution >= 4 is 58.6 Å².